The van der Waals surface area contributed by atoms with Crippen molar-refractivity contribution in [2.45, 2.75) is 32.2 Å². The Bertz CT molecular complexity index is 479. The first kappa shape index (κ1) is 17.7. The largest absolute Gasteiger partial charge is 0.480 e. The Kier molecular flexibility index (Phi) is 6.41. The summed E-state index contributed by atoms with van der Waals surface area (Å²) in [6.45, 7) is 2.92. The number of hydrogen-bond acceptors (Lipinski definition) is 4. The monoisotopic (exact) mass is 321 g/mol. The van der Waals surface area contributed by atoms with E-state index in [4.69, 9.17) is 0 Å². The van der Waals surface area contributed by atoms with Gasteiger partial charge in [-0.25, -0.2) is 22.7 Å². The highest BCUT2D eigenvalue weighted by molar-refractivity contribution is 7.88. The second-order valence-electron chi connectivity index (χ2n) is 5.43. The van der Waals surface area contributed by atoms with Crippen molar-refractivity contribution in [3.05, 3.63) is 0 Å². The van der Waals surface area contributed by atoms with E-state index in [0.29, 0.717) is 25.9 Å². The minimum Gasteiger partial charge on any atom is -0.480 e. The van der Waals surface area contributed by atoms with Gasteiger partial charge in [-0.2, -0.15) is 0 Å². The number of rotatable bonds is 6. The minimum atomic E-state index is -3.22. The molecule has 21 heavy (non-hydrogen) atoms. The molecule has 8 nitrogen and oxygen atoms in total. The van der Waals surface area contributed by atoms with E-state index in [1.807, 2.05) is 6.92 Å². The highest BCUT2D eigenvalue weighted by Crippen LogP contribution is 2.22. The van der Waals surface area contributed by atoms with Gasteiger partial charge in [-0.1, -0.05) is 6.92 Å². The molecule has 1 saturated heterocycles. The van der Waals surface area contributed by atoms with Crippen molar-refractivity contribution < 1.29 is 23.1 Å². The second-order valence-corrected chi connectivity index (χ2v) is 7.26. The third kappa shape index (κ3) is 6.30. The van der Waals surface area contributed by atoms with Gasteiger partial charge < -0.3 is 15.3 Å². The van der Waals surface area contributed by atoms with Crippen molar-refractivity contribution in [1.29, 1.82) is 0 Å². The maximum absolute atomic E-state index is 12.0. The SMILES string of the molecule is CC1CCN(C(=O)NCCCNS(C)(=O)=O)C(C(=O)O)C1. The lowest BCUT2D eigenvalue weighted by atomic mass is 9.93. The van der Waals surface area contributed by atoms with Crippen LogP contribution in [0, 0.1) is 5.92 Å². The summed E-state index contributed by atoms with van der Waals surface area (Å²) in [6.07, 6.45) is 2.75. The molecule has 0 saturated carbocycles. The van der Waals surface area contributed by atoms with Gasteiger partial charge in [0.2, 0.25) is 10.0 Å². The maximum Gasteiger partial charge on any atom is 0.326 e. The topological polar surface area (TPSA) is 116 Å². The van der Waals surface area contributed by atoms with E-state index < -0.39 is 28.1 Å². The number of nitrogens with zero attached hydrogens (tertiary/aromatic N) is 1. The quantitative estimate of drug-likeness (QED) is 0.587. The third-order valence-corrected chi connectivity index (χ3v) is 4.13. The van der Waals surface area contributed by atoms with E-state index in [9.17, 15) is 23.1 Å². The van der Waals surface area contributed by atoms with Gasteiger partial charge in [-0.3, -0.25) is 0 Å². The second kappa shape index (κ2) is 7.60. The molecule has 0 radical (unpaired) electrons. The molecular weight excluding hydrogens is 298 g/mol. The fourth-order valence-corrected chi connectivity index (χ4v) is 2.78. The molecule has 3 N–H and O–H groups in total. The standard InChI is InChI=1S/C12H23N3O5S/c1-9-4-7-15(10(8-9)11(16)17)12(18)13-5-3-6-14-21(2,19)20/h9-10,14H,3-8H2,1-2H3,(H,13,18)(H,16,17). The van der Waals surface area contributed by atoms with Crippen LogP contribution in [0.25, 0.3) is 0 Å². The number of carbonyl (C=O) groups excluding carboxylic acids is 1. The molecule has 0 aromatic heterocycles. The molecule has 0 spiro atoms. The lowest BCUT2D eigenvalue weighted by molar-refractivity contribution is -0.143. The van der Waals surface area contributed by atoms with Crippen LogP contribution in [-0.4, -0.2) is 62.4 Å². The summed E-state index contributed by atoms with van der Waals surface area (Å²) in [5, 5.41) is 11.8. The van der Waals surface area contributed by atoms with Gasteiger partial charge in [0.1, 0.15) is 6.04 Å². The van der Waals surface area contributed by atoms with E-state index in [1.54, 1.807) is 0 Å². The fraction of sp³-hybridized carbons (Fsp3) is 0.833. The number of carboxylic acid groups (broad SMARTS) is 1. The van der Waals surface area contributed by atoms with Gasteiger partial charge in [-0.05, 0) is 25.2 Å². The van der Waals surface area contributed by atoms with Crippen molar-refractivity contribution >= 4 is 22.0 Å². The molecule has 1 aliphatic heterocycles. The number of nitrogens with one attached hydrogen (secondary N) is 2. The van der Waals surface area contributed by atoms with Gasteiger partial charge >= 0.3 is 12.0 Å². The third-order valence-electron chi connectivity index (χ3n) is 3.40. The van der Waals surface area contributed by atoms with E-state index in [2.05, 4.69) is 10.0 Å². The number of carbonyl (C=O) groups is 2. The Balaban J connectivity index is 2.38. The Morgan fingerprint density at radius 3 is 2.57 bits per heavy atom. The van der Waals surface area contributed by atoms with Crippen LogP contribution in [0.2, 0.25) is 0 Å². The number of aliphatic carboxylic acids is 1. The smallest absolute Gasteiger partial charge is 0.326 e. The normalized spacial score (nSPS) is 22.9. The van der Waals surface area contributed by atoms with E-state index in [1.165, 1.54) is 4.90 Å². The van der Waals surface area contributed by atoms with Crippen LogP contribution in [0.3, 0.4) is 0 Å². The molecule has 0 aliphatic carbocycles. The van der Waals surface area contributed by atoms with Gasteiger partial charge in [-0.15, -0.1) is 0 Å². The van der Waals surface area contributed by atoms with Crippen LogP contribution in [0.1, 0.15) is 26.2 Å². The highest BCUT2D eigenvalue weighted by atomic mass is 32.2. The van der Waals surface area contributed by atoms with E-state index in [-0.39, 0.29) is 12.5 Å². The molecule has 1 fully saturated rings. The minimum absolute atomic E-state index is 0.235. The summed E-state index contributed by atoms with van der Waals surface area (Å²) in [5.41, 5.74) is 0. The predicted octanol–water partition coefficient (Wildman–Crippen LogP) is -0.180. The molecule has 2 atom stereocenters. The summed E-state index contributed by atoms with van der Waals surface area (Å²) in [4.78, 5) is 24.5. The van der Waals surface area contributed by atoms with Gasteiger partial charge in [0.25, 0.3) is 0 Å². The predicted molar refractivity (Wildman–Crippen MR) is 77.4 cm³/mol. The summed E-state index contributed by atoms with van der Waals surface area (Å²) in [5.74, 6) is -0.704. The zero-order valence-corrected chi connectivity index (χ0v) is 13.1. The molecule has 1 rings (SSSR count). The first-order valence-corrected chi connectivity index (χ1v) is 8.81. The van der Waals surface area contributed by atoms with Gasteiger partial charge in [0.05, 0.1) is 6.26 Å². The number of piperidine rings is 1. The first-order valence-electron chi connectivity index (χ1n) is 6.92. The molecule has 0 aromatic carbocycles. The number of urea groups is 1. The number of hydrogen-bond donors (Lipinski definition) is 3. The molecular formula is C12H23N3O5S. The summed E-state index contributed by atoms with van der Waals surface area (Å²) in [7, 11) is -3.22. The highest BCUT2D eigenvalue weighted by Gasteiger charge is 2.34. The Morgan fingerprint density at radius 1 is 1.33 bits per heavy atom. The summed E-state index contributed by atoms with van der Waals surface area (Å²) < 4.78 is 24.0. The lowest BCUT2D eigenvalue weighted by Crippen LogP contribution is -2.53. The molecule has 2 unspecified atom stereocenters. The average Bonchev–Trinajstić information content (AvgIpc) is 2.36. The summed E-state index contributed by atoms with van der Waals surface area (Å²) >= 11 is 0. The van der Waals surface area contributed by atoms with E-state index in [0.717, 1.165) is 12.7 Å². The van der Waals surface area contributed by atoms with Crippen molar-refractivity contribution in [3.63, 3.8) is 0 Å². The van der Waals surface area contributed by atoms with Crippen LogP contribution in [0.15, 0.2) is 0 Å². The van der Waals surface area contributed by atoms with Gasteiger partial charge in [0.15, 0.2) is 0 Å². The number of amides is 2. The molecule has 1 aliphatic rings. The van der Waals surface area contributed by atoms with Crippen LogP contribution >= 0.6 is 0 Å². The zero-order chi connectivity index (χ0) is 16.0. The van der Waals surface area contributed by atoms with Crippen LogP contribution in [0.5, 0.6) is 0 Å². The van der Waals surface area contributed by atoms with Crippen molar-refractivity contribution in [2.24, 2.45) is 5.92 Å². The molecule has 0 aromatic rings. The lowest BCUT2D eigenvalue weighted by Gasteiger charge is -2.35. The molecule has 2 amide bonds. The van der Waals surface area contributed by atoms with Crippen molar-refractivity contribution in [3.8, 4) is 0 Å². The number of sulfonamides is 1. The molecule has 1 heterocycles. The molecule has 9 heteroatoms. The van der Waals surface area contributed by atoms with Crippen LogP contribution in [0.4, 0.5) is 4.79 Å². The number of likely N-dealkylation sites (tertiary alicyclic amines) is 1. The Morgan fingerprint density at radius 2 is 2.00 bits per heavy atom. The maximum atomic E-state index is 12.0. The Hall–Kier alpha value is -1.35. The molecule has 122 valence electrons. The fourth-order valence-electron chi connectivity index (χ4n) is 2.26. The summed E-state index contributed by atoms with van der Waals surface area (Å²) in [6, 6.07) is -1.20. The van der Waals surface area contributed by atoms with Gasteiger partial charge in [0, 0.05) is 19.6 Å². The van der Waals surface area contributed by atoms with Crippen LogP contribution < -0.4 is 10.0 Å². The van der Waals surface area contributed by atoms with Crippen molar-refractivity contribution in [2.75, 3.05) is 25.9 Å². The Labute approximate surface area is 124 Å². The molecule has 0 bridgehead atoms. The van der Waals surface area contributed by atoms with Crippen molar-refractivity contribution in [1.82, 2.24) is 14.9 Å². The first-order chi connectivity index (χ1) is 9.70. The average molecular weight is 321 g/mol. The number of carboxylic acids is 1. The van der Waals surface area contributed by atoms with E-state index >= 15 is 0 Å². The zero-order valence-electron chi connectivity index (χ0n) is 12.3. The van der Waals surface area contributed by atoms with Crippen LogP contribution in [-0.2, 0) is 14.8 Å².